The molecule has 2 fully saturated rings. The molecule has 1 amide bonds. The normalized spacial score (nSPS) is 22.6. The molecule has 1 aromatic heterocycles. The summed E-state index contributed by atoms with van der Waals surface area (Å²) >= 11 is 1.67. The van der Waals surface area contributed by atoms with Crippen LogP contribution >= 0.6 is 11.3 Å². The number of carbonyl (C=O) groups excluding carboxylic acids is 1. The molecule has 2 aliphatic heterocycles. The number of sulfonamides is 1. The second-order valence-electron chi connectivity index (χ2n) is 7.20. The van der Waals surface area contributed by atoms with Gasteiger partial charge in [0.15, 0.2) is 0 Å². The number of benzene rings is 1. The van der Waals surface area contributed by atoms with E-state index in [9.17, 15) is 13.2 Å². The van der Waals surface area contributed by atoms with Crippen LogP contribution in [0.4, 0.5) is 0 Å². The van der Waals surface area contributed by atoms with Gasteiger partial charge in [-0.2, -0.15) is 4.31 Å². The summed E-state index contributed by atoms with van der Waals surface area (Å²) in [5.41, 5.74) is 0.994. The highest BCUT2D eigenvalue weighted by atomic mass is 32.2. The number of piperazine rings is 1. The fraction of sp³-hybridized carbons (Fsp3) is 0.556. The Morgan fingerprint density at radius 1 is 1.19 bits per heavy atom. The number of hydrogen-bond donors (Lipinski definition) is 0. The molecule has 1 atom stereocenters. The van der Waals surface area contributed by atoms with Gasteiger partial charge in [-0.1, -0.05) is 12.1 Å². The number of para-hydroxylation sites is 1. The summed E-state index contributed by atoms with van der Waals surface area (Å²) < 4.78 is 25.9. The highest BCUT2D eigenvalue weighted by molar-refractivity contribution is 7.88. The van der Waals surface area contributed by atoms with E-state index in [-0.39, 0.29) is 11.9 Å². The molecule has 1 aromatic carbocycles. The zero-order valence-electron chi connectivity index (χ0n) is 15.4. The molecule has 0 saturated carbocycles. The van der Waals surface area contributed by atoms with Gasteiger partial charge in [0.25, 0.3) is 0 Å². The molecule has 4 rings (SSSR count). The van der Waals surface area contributed by atoms with Crippen LogP contribution in [-0.4, -0.2) is 78.9 Å². The number of thiazole rings is 1. The first-order chi connectivity index (χ1) is 12.9. The molecule has 3 heterocycles. The number of fused-ring (bicyclic) bond motifs is 1. The van der Waals surface area contributed by atoms with Crippen molar-refractivity contribution in [2.45, 2.75) is 18.9 Å². The van der Waals surface area contributed by atoms with Crippen LogP contribution in [0.15, 0.2) is 24.3 Å². The monoisotopic (exact) mass is 408 g/mol. The Bertz CT molecular complexity index is 902. The molecule has 9 heteroatoms. The largest absolute Gasteiger partial charge is 0.332 e. The van der Waals surface area contributed by atoms with Crippen LogP contribution in [-0.2, 0) is 14.8 Å². The van der Waals surface area contributed by atoms with Crippen molar-refractivity contribution >= 4 is 37.5 Å². The summed E-state index contributed by atoms with van der Waals surface area (Å²) in [6, 6.07) is 8.14. The van der Waals surface area contributed by atoms with Crippen LogP contribution in [0.5, 0.6) is 0 Å². The minimum absolute atomic E-state index is 0.0622. The van der Waals surface area contributed by atoms with Crippen LogP contribution in [0.25, 0.3) is 10.2 Å². The van der Waals surface area contributed by atoms with E-state index in [1.54, 1.807) is 11.3 Å². The Morgan fingerprint density at radius 2 is 1.93 bits per heavy atom. The van der Waals surface area contributed by atoms with E-state index >= 15 is 0 Å². The van der Waals surface area contributed by atoms with Crippen LogP contribution < -0.4 is 0 Å². The maximum Gasteiger partial charge on any atom is 0.237 e. The quantitative estimate of drug-likeness (QED) is 0.767. The second kappa shape index (κ2) is 7.46. The first-order valence-corrected chi connectivity index (χ1v) is 11.9. The third-order valence-electron chi connectivity index (χ3n) is 5.33. The van der Waals surface area contributed by atoms with Gasteiger partial charge in [0.05, 0.1) is 29.1 Å². The molecule has 2 aromatic rings. The summed E-state index contributed by atoms with van der Waals surface area (Å²) in [5, 5.41) is 1.02. The summed E-state index contributed by atoms with van der Waals surface area (Å²) in [6.45, 7) is 3.21. The summed E-state index contributed by atoms with van der Waals surface area (Å²) in [7, 11) is -3.15. The molecule has 0 N–H and O–H groups in total. The first kappa shape index (κ1) is 18.8. The van der Waals surface area contributed by atoms with Gasteiger partial charge in [-0.15, -0.1) is 11.3 Å². The molecule has 0 spiro atoms. The van der Waals surface area contributed by atoms with E-state index in [2.05, 4.69) is 11.0 Å². The molecule has 146 valence electrons. The van der Waals surface area contributed by atoms with Gasteiger partial charge in [0, 0.05) is 32.7 Å². The third-order valence-corrected chi connectivity index (χ3v) is 7.77. The van der Waals surface area contributed by atoms with Crippen molar-refractivity contribution < 1.29 is 13.2 Å². The van der Waals surface area contributed by atoms with E-state index in [4.69, 9.17) is 4.98 Å². The Kier molecular flexibility index (Phi) is 5.19. The maximum atomic E-state index is 12.9. The highest BCUT2D eigenvalue weighted by Gasteiger charge is 2.33. The van der Waals surface area contributed by atoms with E-state index < -0.39 is 10.0 Å². The van der Waals surface area contributed by atoms with Gasteiger partial charge in [-0.25, -0.2) is 13.4 Å². The maximum absolute atomic E-state index is 12.9. The molecular weight excluding hydrogens is 384 g/mol. The van der Waals surface area contributed by atoms with Gasteiger partial charge < -0.3 is 4.90 Å². The third kappa shape index (κ3) is 4.01. The summed E-state index contributed by atoms with van der Waals surface area (Å²) in [5.74, 6) is 0.115. The lowest BCUT2D eigenvalue weighted by Gasteiger charge is -2.34. The van der Waals surface area contributed by atoms with Crippen molar-refractivity contribution in [1.82, 2.24) is 19.1 Å². The van der Waals surface area contributed by atoms with Gasteiger partial charge >= 0.3 is 0 Å². The van der Waals surface area contributed by atoms with Crippen molar-refractivity contribution in [1.29, 1.82) is 0 Å². The number of aromatic nitrogens is 1. The van der Waals surface area contributed by atoms with Gasteiger partial charge in [0.2, 0.25) is 15.9 Å². The fourth-order valence-corrected chi connectivity index (χ4v) is 5.80. The Balaban J connectivity index is 1.41. The van der Waals surface area contributed by atoms with E-state index in [1.165, 1.54) is 10.6 Å². The van der Waals surface area contributed by atoms with Crippen molar-refractivity contribution in [2.75, 3.05) is 45.5 Å². The van der Waals surface area contributed by atoms with Crippen molar-refractivity contribution in [3.63, 3.8) is 0 Å². The van der Waals surface area contributed by atoms with Gasteiger partial charge in [-0.05, 0) is 25.0 Å². The van der Waals surface area contributed by atoms with Gasteiger partial charge in [-0.3, -0.25) is 9.69 Å². The number of carbonyl (C=O) groups is 1. The van der Waals surface area contributed by atoms with Crippen molar-refractivity contribution in [3.8, 4) is 0 Å². The lowest BCUT2D eigenvalue weighted by Crippen LogP contribution is -2.51. The first-order valence-electron chi connectivity index (χ1n) is 9.24. The zero-order valence-corrected chi connectivity index (χ0v) is 17.0. The second-order valence-corrected chi connectivity index (χ2v) is 10.2. The standard InChI is InChI=1S/C18H24N4O3S2/c1-27(24,25)21-11-9-20(10-12-21)13-17(23)22-8-4-6-15(22)18-19-14-5-2-3-7-16(14)26-18/h2-3,5,7,15H,4,6,8-13H2,1H3. The molecular formula is C18H24N4O3S2. The van der Waals surface area contributed by atoms with E-state index in [0.29, 0.717) is 32.7 Å². The van der Waals surface area contributed by atoms with Crippen molar-refractivity contribution in [3.05, 3.63) is 29.3 Å². The average molecular weight is 409 g/mol. The Hall–Kier alpha value is -1.55. The zero-order chi connectivity index (χ0) is 19.0. The van der Waals surface area contributed by atoms with E-state index in [0.717, 1.165) is 34.6 Å². The van der Waals surface area contributed by atoms with Crippen LogP contribution in [0.1, 0.15) is 23.9 Å². The predicted molar refractivity (Wildman–Crippen MR) is 106 cm³/mol. The van der Waals surface area contributed by atoms with Crippen molar-refractivity contribution in [2.24, 2.45) is 0 Å². The predicted octanol–water partition coefficient (Wildman–Crippen LogP) is 1.54. The minimum Gasteiger partial charge on any atom is -0.332 e. The molecule has 0 aliphatic carbocycles. The fourth-order valence-electron chi connectivity index (χ4n) is 3.86. The molecule has 1 unspecified atom stereocenters. The molecule has 27 heavy (non-hydrogen) atoms. The molecule has 0 radical (unpaired) electrons. The van der Waals surface area contributed by atoms with Crippen LogP contribution in [0, 0.1) is 0 Å². The highest BCUT2D eigenvalue weighted by Crippen LogP contribution is 2.36. The van der Waals surface area contributed by atoms with Crippen LogP contribution in [0.3, 0.4) is 0 Å². The summed E-state index contributed by atoms with van der Waals surface area (Å²) in [4.78, 5) is 21.7. The molecule has 2 aliphatic rings. The topological polar surface area (TPSA) is 73.8 Å². The molecule has 2 saturated heterocycles. The number of amides is 1. The molecule has 0 bridgehead atoms. The van der Waals surface area contributed by atoms with Crippen LogP contribution in [0.2, 0.25) is 0 Å². The minimum atomic E-state index is -3.15. The average Bonchev–Trinajstić information content (AvgIpc) is 3.28. The van der Waals surface area contributed by atoms with Gasteiger partial charge in [0.1, 0.15) is 5.01 Å². The Labute approximate surface area is 163 Å². The number of hydrogen-bond acceptors (Lipinski definition) is 6. The molecule has 7 nitrogen and oxygen atoms in total. The lowest BCUT2D eigenvalue weighted by molar-refractivity contribution is -0.133. The number of likely N-dealkylation sites (tertiary alicyclic amines) is 1. The summed E-state index contributed by atoms with van der Waals surface area (Å²) in [6.07, 6.45) is 3.18. The van der Waals surface area contributed by atoms with E-state index in [1.807, 2.05) is 23.1 Å². The number of nitrogens with zero attached hydrogens (tertiary/aromatic N) is 4. The smallest absolute Gasteiger partial charge is 0.237 e. The SMILES string of the molecule is CS(=O)(=O)N1CCN(CC(=O)N2CCCC2c2nc3ccccc3s2)CC1. The lowest BCUT2D eigenvalue weighted by atomic mass is 10.2. The Morgan fingerprint density at radius 3 is 2.63 bits per heavy atom. The number of rotatable bonds is 4.